The van der Waals surface area contributed by atoms with Gasteiger partial charge in [-0.3, -0.25) is 19.7 Å². The van der Waals surface area contributed by atoms with Gasteiger partial charge in [-0.2, -0.15) is 0 Å². The third-order valence-corrected chi connectivity index (χ3v) is 3.08. The molecule has 1 aromatic carbocycles. The first-order chi connectivity index (χ1) is 9.72. The lowest BCUT2D eigenvalue weighted by molar-refractivity contribution is -0.385. The SMILES string of the molecule is NC(=O)C[C@H](NC(=O)c1ccc(Br)c([N+](=O)[O-])c1)C(=O)O. The van der Waals surface area contributed by atoms with Crippen LogP contribution in [0.2, 0.25) is 0 Å². The number of carboxylic acids is 1. The molecule has 112 valence electrons. The second kappa shape index (κ2) is 6.79. The number of carboxylic acid groups (broad SMARTS) is 1. The van der Waals surface area contributed by atoms with Gasteiger partial charge in [0.2, 0.25) is 5.91 Å². The van der Waals surface area contributed by atoms with E-state index < -0.39 is 35.2 Å². The predicted octanol–water partition coefficient (Wildman–Crippen LogP) is 0.416. The number of hydrogen-bond donors (Lipinski definition) is 3. The van der Waals surface area contributed by atoms with Crippen molar-refractivity contribution in [2.75, 3.05) is 0 Å². The van der Waals surface area contributed by atoms with Gasteiger partial charge in [-0.25, -0.2) is 4.79 Å². The first-order valence-corrected chi connectivity index (χ1v) is 6.27. The Balaban J connectivity index is 2.97. The van der Waals surface area contributed by atoms with Crippen LogP contribution in [0, 0.1) is 10.1 Å². The van der Waals surface area contributed by atoms with Crippen LogP contribution in [0.4, 0.5) is 5.69 Å². The molecule has 4 N–H and O–H groups in total. The lowest BCUT2D eigenvalue weighted by atomic mass is 10.1. The summed E-state index contributed by atoms with van der Waals surface area (Å²) in [6.45, 7) is 0. The molecule has 0 spiro atoms. The number of aliphatic carboxylic acids is 1. The average molecular weight is 360 g/mol. The van der Waals surface area contributed by atoms with Crippen LogP contribution in [-0.2, 0) is 9.59 Å². The van der Waals surface area contributed by atoms with Gasteiger partial charge < -0.3 is 16.2 Å². The Morgan fingerprint density at radius 1 is 1.43 bits per heavy atom. The molecule has 2 amide bonds. The zero-order valence-electron chi connectivity index (χ0n) is 10.4. The highest BCUT2D eigenvalue weighted by molar-refractivity contribution is 9.10. The first-order valence-electron chi connectivity index (χ1n) is 5.48. The van der Waals surface area contributed by atoms with Crippen LogP contribution in [0.5, 0.6) is 0 Å². The molecule has 9 nitrogen and oxygen atoms in total. The third-order valence-electron chi connectivity index (χ3n) is 2.41. The lowest BCUT2D eigenvalue weighted by Crippen LogP contribution is -2.43. The van der Waals surface area contributed by atoms with Gasteiger partial charge in [0.25, 0.3) is 11.6 Å². The highest BCUT2D eigenvalue weighted by atomic mass is 79.9. The smallest absolute Gasteiger partial charge is 0.326 e. The molecule has 0 unspecified atom stereocenters. The minimum atomic E-state index is -1.50. The molecule has 0 aliphatic rings. The largest absolute Gasteiger partial charge is 0.480 e. The zero-order chi connectivity index (χ0) is 16.2. The molecule has 10 heteroatoms. The van der Waals surface area contributed by atoms with Crippen LogP contribution in [0.15, 0.2) is 22.7 Å². The van der Waals surface area contributed by atoms with E-state index in [1.165, 1.54) is 12.1 Å². The number of primary amides is 1. The fourth-order valence-electron chi connectivity index (χ4n) is 1.44. The van der Waals surface area contributed by atoms with E-state index in [0.29, 0.717) is 0 Å². The zero-order valence-corrected chi connectivity index (χ0v) is 12.0. The van der Waals surface area contributed by atoms with Crippen LogP contribution in [0.3, 0.4) is 0 Å². The number of hydrogen-bond acceptors (Lipinski definition) is 5. The number of nitrogens with two attached hydrogens (primary N) is 1. The van der Waals surface area contributed by atoms with Crippen molar-refractivity contribution in [3.05, 3.63) is 38.3 Å². The van der Waals surface area contributed by atoms with Crippen LogP contribution in [-0.4, -0.2) is 33.9 Å². The Kier molecular flexibility index (Phi) is 5.36. The van der Waals surface area contributed by atoms with Gasteiger partial charge >= 0.3 is 5.97 Å². The Morgan fingerprint density at radius 2 is 2.05 bits per heavy atom. The summed E-state index contributed by atoms with van der Waals surface area (Å²) in [6, 6.07) is 2.05. The van der Waals surface area contributed by atoms with Crippen LogP contribution in [0.25, 0.3) is 0 Å². The van der Waals surface area contributed by atoms with Gasteiger partial charge in [0.1, 0.15) is 6.04 Å². The number of nitro groups is 1. The number of halogens is 1. The molecule has 0 bridgehead atoms. The minimum absolute atomic E-state index is 0.111. The number of rotatable bonds is 6. The third kappa shape index (κ3) is 4.53. The second-order valence-electron chi connectivity index (χ2n) is 3.96. The van der Waals surface area contributed by atoms with E-state index >= 15 is 0 Å². The summed E-state index contributed by atoms with van der Waals surface area (Å²) >= 11 is 2.96. The Hall–Kier alpha value is -2.49. The van der Waals surface area contributed by atoms with E-state index in [0.717, 1.165) is 6.07 Å². The van der Waals surface area contributed by atoms with Crippen molar-refractivity contribution in [2.45, 2.75) is 12.5 Å². The molecule has 0 aromatic heterocycles. The molecule has 0 fully saturated rings. The molecule has 1 aromatic rings. The molecule has 21 heavy (non-hydrogen) atoms. The summed E-state index contributed by atoms with van der Waals surface area (Å²) in [5.74, 6) is -3.20. The standard InChI is InChI=1S/C11H10BrN3O6/c12-6-2-1-5(3-8(6)15(20)21)10(17)14-7(11(18)19)4-9(13)16/h1-3,7H,4H2,(H2,13,16)(H,14,17)(H,18,19)/t7-/m0/s1. The van der Waals surface area contributed by atoms with Crippen molar-refractivity contribution >= 4 is 39.4 Å². The lowest BCUT2D eigenvalue weighted by Gasteiger charge is -2.12. The summed E-state index contributed by atoms with van der Waals surface area (Å²) in [7, 11) is 0. The molecule has 0 saturated heterocycles. The Morgan fingerprint density at radius 3 is 2.52 bits per heavy atom. The molecule has 1 atom stereocenters. The number of carbonyl (C=O) groups is 3. The summed E-state index contributed by atoms with van der Waals surface area (Å²) in [6.07, 6.45) is -0.584. The fourth-order valence-corrected chi connectivity index (χ4v) is 1.83. The van der Waals surface area contributed by atoms with Gasteiger partial charge in [-0.15, -0.1) is 0 Å². The van der Waals surface area contributed by atoms with Crippen LogP contribution in [0.1, 0.15) is 16.8 Å². The van der Waals surface area contributed by atoms with Gasteiger partial charge in [0.05, 0.1) is 15.8 Å². The van der Waals surface area contributed by atoms with Gasteiger partial charge in [-0.05, 0) is 28.1 Å². The molecule has 0 saturated carbocycles. The second-order valence-corrected chi connectivity index (χ2v) is 4.81. The van der Waals surface area contributed by atoms with Gasteiger partial charge in [0.15, 0.2) is 0 Å². The number of nitro benzene ring substituents is 1. The predicted molar refractivity (Wildman–Crippen MR) is 73.5 cm³/mol. The molecule has 0 aliphatic carbocycles. The van der Waals surface area contributed by atoms with E-state index in [4.69, 9.17) is 10.8 Å². The molecule has 1 rings (SSSR count). The highest BCUT2D eigenvalue weighted by Gasteiger charge is 2.24. The van der Waals surface area contributed by atoms with Crippen molar-refractivity contribution in [1.82, 2.24) is 5.32 Å². The van der Waals surface area contributed by atoms with Crippen molar-refractivity contribution in [1.29, 1.82) is 0 Å². The maximum Gasteiger partial charge on any atom is 0.326 e. The van der Waals surface area contributed by atoms with E-state index in [9.17, 15) is 24.5 Å². The quantitative estimate of drug-likeness (QED) is 0.494. The van der Waals surface area contributed by atoms with E-state index in [1.54, 1.807) is 0 Å². The summed E-state index contributed by atoms with van der Waals surface area (Å²) in [4.78, 5) is 43.6. The van der Waals surface area contributed by atoms with Crippen molar-refractivity contribution < 1.29 is 24.4 Å². The molecule has 0 heterocycles. The summed E-state index contributed by atoms with van der Waals surface area (Å²) in [5.41, 5.74) is 4.43. The van der Waals surface area contributed by atoms with E-state index in [2.05, 4.69) is 21.2 Å². The molecule has 0 aliphatic heterocycles. The first kappa shape index (κ1) is 16.6. The molecular formula is C11H10BrN3O6. The summed E-state index contributed by atoms with van der Waals surface area (Å²) in [5, 5.41) is 21.7. The van der Waals surface area contributed by atoms with Crippen molar-refractivity contribution in [2.24, 2.45) is 5.73 Å². The number of carbonyl (C=O) groups excluding carboxylic acids is 2. The monoisotopic (exact) mass is 359 g/mol. The molecular weight excluding hydrogens is 350 g/mol. The number of benzene rings is 1. The van der Waals surface area contributed by atoms with Crippen LogP contribution >= 0.6 is 15.9 Å². The topological polar surface area (TPSA) is 153 Å². The number of nitrogens with one attached hydrogen (secondary N) is 1. The van der Waals surface area contributed by atoms with Crippen molar-refractivity contribution in [3.8, 4) is 0 Å². The molecule has 0 radical (unpaired) electrons. The van der Waals surface area contributed by atoms with E-state index in [1.807, 2.05) is 0 Å². The Bertz CT molecular complexity index is 618. The number of amides is 2. The minimum Gasteiger partial charge on any atom is -0.480 e. The summed E-state index contributed by atoms with van der Waals surface area (Å²) < 4.78 is 0.177. The van der Waals surface area contributed by atoms with E-state index in [-0.39, 0.29) is 15.7 Å². The highest BCUT2D eigenvalue weighted by Crippen LogP contribution is 2.25. The number of nitrogens with zero attached hydrogens (tertiary/aromatic N) is 1. The van der Waals surface area contributed by atoms with Crippen LogP contribution < -0.4 is 11.1 Å². The normalized spacial score (nSPS) is 11.5. The Labute approximate surface area is 126 Å². The maximum absolute atomic E-state index is 11.9. The maximum atomic E-state index is 11.9. The average Bonchev–Trinajstić information content (AvgIpc) is 2.37. The fraction of sp³-hybridized carbons (Fsp3) is 0.182. The van der Waals surface area contributed by atoms with Crippen molar-refractivity contribution in [3.63, 3.8) is 0 Å². The van der Waals surface area contributed by atoms with Gasteiger partial charge in [-0.1, -0.05) is 0 Å². The van der Waals surface area contributed by atoms with Gasteiger partial charge in [0, 0.05) is 11.6 Å².